The van der Waals surface area contributed by atoms with E-state index in [2.05, 4.69) is 20.8 Å². The summed E-state index contributed by atoms with van der Waals surface area (Å²) in [6.07, 6.45) is 0. The molecule has 0 aliphatic rings. The summed E-state index contributed by atoms with van der Waals surface area (Å²) in [5, 5.41) is 18.3. The molecule has 0 aliphatic carbocycles. The molecular formula is C10H14BClO2. The fourth-order valence-electron chi connectivity index (χ4n) is 1.20. The molecule has 0 saturated heterocycles. The van der Waals surface area contributed by atoms with Crippen molar-refractivity contribution in [3.8, 4) is 0 Å². The lowest BCUT2D eigenvalue weighted by Gasteiger charge is -2.19. The first-order chi connectivity index (χ1) is 6.32. The Bertz CT molecular complexity index is 331. The van der Waals surface area contributed by atoms with Gasteiger partial charge in [0.2, 0.25) is 0 Å². The third-order valence-corrected chi connectivity index (χ3v) is 2.47. The van der Waals surface area contributed by atoms with Crippen molar-refractivity contribution in [3.63, 3.8) is 0 Å². The van der Waals surface area contributed by atoms with Crippen LogP contribution in [-0.2, 0) is 5.41 Å². The van der Waals surface area contributed by atoms with Gasteiger partial charge in [0.15, 0.2) is 0 Å². The van der Waals surface area contributed by atoms with Gasteiger partial charge >= 0.3 is 7.12 Å². The van der Waals surface area contributed by atoms with Gasteiger partial charge in [-0.3, -0.25) is 0 Å². The maximum absolute atomic E-state index is 8.97. The van der Waals surface area contributed by atoms with E-state index in [0.717, 1.165) is 5.56 Å². The molecule has 0 unspecified atom stereocenters. The van der Waals surface area contributed by atoms with Crippen molar-refractivity contribution in [1.82, 2.24) is 0 Å². The Labute approximate surface area is 89.7 Å². The van der Waals surface area contributed by atoms with Crippen LogP contribution in [0.15, 0.2) is 18.2 Å². The second-order valence-electron chi connectivity index (χ2n) is 4.36. The standard InChI is InChI=1S/C10H14BClO2/c1-10(2,3)7-4-5-8(11(13)14)9(12)6-7/h4-6,13-14H,1-3H3. The van der Waals surface area contributed by atoms with Crippen LogP contribution in [0.4, 0.5) is 0 Å². The van der Waals surface area contributed by atoms with Crippen LogP contribution in [-0.4, -0.2) is 17.2 Å². The Kier molecular flexibility index (Phi) is 3.25. The summed E-state index contributed by atoms with van der Waals surface area (Å²) in [7, 11) is -1.50. The number of hydrogen-bond acceptors (Lipinski definition) is 2. The lowest BCUT2D eigenvalue weighted by molar-refractivity contribution is 0.425. The normalized spacial score (nSPS) is 11.6. The molecule has 0 saturated carbocycles. The van der Waals surface area contributed by atoms with Gasteiger partial charge in [0.25, 0.3) is 0 Å². The predicted molar refractivity (Wildman–Crippen MR) is 60.0 cm³/mol. The molecule has 0 fully saturated rings. The van der Waals surface area contributed by atoms with Gasteiger partial charge in [-0.15, -0.1) is 0 Å². The summed E-state index contributed by atoms with van der Waals surface area (Å²) >= 11 is 5.91. The van der Waals surface area contributed by atoms with Crippen LogP contribution in [0.2, 0.25) is 5.02 Å². The topological polar surface area (TPSA) is 40.5 Å². The summed E-state index contributed by atoms with van der Waals surface area (Å²) in [4.78, 5) is 0. The molecule has 2 N–H and O–H groups in total. The molecule has 1 rings (SSSR count). The van der Waals surface area contributed by atoms with Crippen molar-refractivity contribution < 1.29 is 10.0 Å². The summed E-state index contributed by atoms with van der Waals surface area (Å²) in [5.41, 5.74) is 1.44. The smallest absolute Gasteiger partial charge is 0.423 e. The first kappa shape index (κ1) is 11.6. The average Bonchev–Trinajstić information content (AvgIpc) is 2.01. The molecule has 0 aromatic heterocycles. The van der Waals surface area contributed by atoms with E-state index in [0.29, 0.717) is 10.5 Å². The molecular weight excluding hydrogens is 198 g/mol. The van der Waals surface area contributed by atoms with Gasteiger partial charge in [0.05, 0.1) is 0 Å². The van der Waals surface area contributed by atoms with E-state index in [1.54, 1.807) is 12.1 Å². The Morgan fingerprint density at radius 2 is 1.79 bits per heavy atom. The van der Waals surface area contributed by atoms with E-state index >= 15 is 0 Å². The molecule has 0 radical (unpaired) electrons. The van der Waals surface area contributed by atoms with E-state index in [1.165, 1.54) is 0 Å². The van der Waals surface area contributed by atoms with Crippen molar-refractivity contribution in [1.29, 1.82) is 0 Å². The molecule has 1 aromatic rings. The second-order valence-corrected chi connectivity index (χ2v) is 4.77. The Balaban J connectivity index is 3.13. The molecule has 76 valence electrons. The Hall–Kier alpha value is -0.505. The highest BCUT2D eigenvalue weighted by atomic mass is 35.5. The van der Waals surface area contributed by atoms with E-state index in [4.69, 9.17) is 21.6 Å². The van der Waals surface area contributed by atoms with Crippen molar-refractivity contribution in [2.45, 2.75) is 26.2 Å². The van der Waals surface area contributed by atoms with E-state index in [1.807, 2.05) is 6.07 Å². The SMILES string of the molecule is CC(C)(C)c1ccc(B(O)O)c(Cl)c1. The third kappa shape index (κ3) is 2.50. The molecule has 0 aliphatic heterocycles. The lowest BCUT2D eigenvalue weighted by Crippen LogP contribution is -2.31. The van der Waals surface area contributed by atoms with Crippen LogP contribution in [0.25, 0.3) is 0 Å². The predicted octanol–water partition coefficient (Wildman–Crippen LogP) is 1.32. The molecule has 0 atom stereocenters. The monoisotopic (exact) mass is 212 g/mol. The maximum Gasteiger partial charge on any atom is 0.489 e. The first-order valence-corrected chi connectivity index (χ1v) is 4.86. The number of hydrogen-bond donors (Lipinski definition) is 2. The molecule has 0 heterocycles. The van der Waals surface area contributed by atoms with Crippen LogP contribution < -0.4 is 5.46 Å². The zero-order valence-electron chi connectivity index (χ0n) is 8.58. The molecule has 4 heteroatoms. The van der Waals surface area contributed by atoms with Gasteiger partial charge in [0, 0.05) is 10.5 Å². The van der Waals surface area contributed by atoms with Crippen LogP contribution in [0, 0.1) is 0 Å². The van der Waals surface area contributed by atoms with E-state index in [-0.39, 0.29) is 5.41 Å². The van der Waals surface area contributed by atoms with Crippen LogP contribution >= 0.6 is 11.6 Å². The summed E-state index contributed by atoms with van der Waals surface area (Å²) < 4.78 is 0. The highest BCUT2D eigenvalue weighted by Gasteiger charge is 2.19. The number of rotatable bonds is 1. The molecule has 2 nitrogen and oxygen atoms in total. The molecule has 0 spiro atoms. The molecule has 0 amide bonds. The average molecular weight is 212 g/mol. The zero-order chi connectivity index (χ0) is 10.9. The van der Waals surface area contributed by atoms with Crippen LogP contribution in [0.1, 0.15) is 26.3 Å². The lowest BCUT2D eigenvalue weighted by atomic mass is 9.77. The summed E-state index contributed by atoms with van der Waals surface area (Å²) in [5.74, 6) is 0. The summed E-state index contributed by atoms with van der Waals surface area (Å²) in [6.45, 7) is 6.23. The molecule has 0 bridgehead atoms. The maximum atomic E-state index is 8.97. The zero-order valence-corrected chi connectivity index (χ0v) is 9.34. The first-order valence-electron chi connectivity index (χ1n) is 4.48. The van der Waals surface area contributed by atoms with Crippen LogP contribution in [0.5, 0.6) is 0 Å². The highest BCUT2D eigenvalue weighted by Crippen LogP contribution is 2.23. The van der Waals surface area contributed by atoms with Crippen molar-refractivity contribution >= 4 is 24.2 Å². The fraction of sp³-hybridized carbons (Fsp3) is 0.400. The van der Waals surface area contributed by atoms with Crippen molar-refractivity contribution in [2.75, 3.05) is 0 Å². The van der Waals surface area contributed by atoms with E-state index < -0.39 is 7.12 Å². The van der Waals surface area contributed by atoms with Crippen molar-refractivity contribution in [2.24, 2.45) is 0 Å². The fourth-order valence-corrected chi connectivity index (χ4v) is 1.48. The largest absolute Gasteiger partial charge is 0.489 e. The number of halogens is 1. The Morgan fingerprint density at radius 1 is 1.21 bits per heavy atom. The second kappa shape index (κ2) is 3.93. The van der Waals surface area contributed by atoms with Gasteiger partial charge in [-0.2, -0.15) is 0 Å². The van der Waals surface area contributed by atoms with E-state index in [9.17, 15) is 0 Å². The Morgan fingerprint density at radius 3 is 2.14 bits per heavy atom. The quantitative estimate of drug-likeness (QED) is 0.689. The molecule has 1 aromatic carbocycles. The highest BCUT2D eigenvalue weighted by molar-refractivity contribution is 6.62. The summed E-state index contributed by atoms with van der Waals surface area (Å²) in [6, 6.07) is 5.28. The minimum absolute atomic E-state index is 0.0164. The minimum Gasteiger partial charge on any atom is -0.423 e. The van der Waals surface area contributed by atoms with Gasteiger partial charge < -0.3 is 10.0 Å². The van der Waals surface area contributed by atoms with Crippen LogP contribution in [0.3, 0.4) is 0 Å². The van der Waals surface area contributed by atoms with Gasteiger partial charge in [-0.05, 0) is 17.0 Å². The number of benzene rings is 1. The third-order valence-electron chi connectivity index (χ3n) is 2.14. The van der Waals surface area contributed by atoms with Gasteiger partial charge in [-0.25, -0.2) is 0 Å². The molecule has 14 heavy (non-hydrogen) atoms. The van der Waals surface area contributed by atoms with Gasteiger partial charge in [-0.1, -0.05) is 44.5 Å². The van der Waals surface area contributed by atoms with Gasteiger partial charge in [0.1, 0.15) is 0 Å². The van der Waals surface area contributed by atoms with Crippen molar-refractivity contribution in [3.05, 3.63) is 28.8 Å². The minimum atomic E-state index is -1.50.